The minimum absolute atomic E-state index is 0.0352. The van der Waals surface area contributed by atoms with Crippen LogP contribution in [0.1, 0.15) is 18.9 Å². The summed E-state index contributed by atoms with van der Waals surface area (Å²) in [5.41, 5.74) is 1.00. The molecule has 16 heavy (non-hydrogen) atoms. The topological polar surface area (TPSA) is 66.8 Å². The van der Waals surface area contributed by atoms with E-state index >= 15 is 0 Å². The molecule has 0 heterocycles. The maximum atomic E-state index is 10.8. The van der Waals surface area contributed by atoms with Crippen LogP contribution >= 0.6 is 0 Å². The van der Waals surface area contributed by atoms with Gasteiger partial charge in [-0.2, -0.15) is 0 Å². The number of phenols is 1. The number of carboxylic acid groups (broad SMARTS) is 1. The van der Waals surface area contributed by atoms with E-state index in [1.54, 1.807) is 25.1 Å². The summed E-state index contributed by atoms with van der Waals surface area (Å²) < 4.78 is 4.93. The van der Waals surface area contributed by atoms with Crippen molar-refractivity contribution < 1.29 is 19.7 Å². The molecule has 0 bridgehead atoms. The molecule has 0 radical (unpaired) electrons. The minimum atomic E-state index is -0.936. The summed E-state index contributed by atoms with van der Waals surface area (Å²) in [5, 5.41) is 18.2. The fourth-order valence-corrected chi connectivity index (χ4v) is 1.30. The van der Waals surface area contributed by atoms with Gasteiger partial charge in [0, 0.05) is 5.57 Å². The summed E-state index contributed by atoms with van der Waals surface area (Å²) in [4.78, 5) is 10.8. The maximum absolute atomic E-state index is 10.8. The van der Waals surface area contributed by atoms with Gasteiger partial charge in [0.2, 0.25) is 0 Å². The number of hydrogen-bond donors (Lipinski definition) is 2. The third kappa shape index (κ3) is 2.76. The Morgan fingerprint density at radius 1 is 1.50 bits per heavy atom. The molecule has 2 N–H and O–H groups in total. The van der Waals surface area contributed by atoms with Gasteiger partial charge in [-0.05, 0) is 30.2 Å². The summed E-state index contributed by atoms with van der Waals surface area (Å²) in [6, 6.07) is 4.70. The highest BCUT2D eigenvalue weighted by Gasteiger charge is 2.06. The highest BCUT2D eigenvalue weighted by Crippen LogP contribution is 2.27. The molecule has 0 amide bonds. The highest BCUT2D eigenvalue weighted by molar-refractivity contribution is 5.92. The van der Waals surface area contributed by atoms with Gasteiger partial charge in [0.15, 0.2) is 11.5 Å². The smallest absolute Gasteiger partial charge is 0.331 e. The van der Waals surface area contributed by atoms with Gasteiger partial charge in [-0.15, -0.1) is 0 Å². The summed E-state index contributed by atoms with van der Waals surface area (Å²) in [6.07, 6.45) is 2.00. The van der Waals surface area contributed by atoms with Gasteiger partial charge in [0.05, 0.1) is 7.11 Å². The first-order valence-electron chi connectivity index (χ1n) is 4.89. The van der Waals surface area contributed by atoms with Crippen molar-refractivity contribution >= 4 is 12.0 Å². The maximum Gasteiger partial charge on any atom is 0.331 e. The fourth-order valence-electron chi connectivity index (χ4n) is 1.30. The van der Waals surface area contributed by atoms with Crippen LogP contribution in [0.3, 0.4) is 0 Å². The van der Waals surface area contributed by atoms with Gasteiger partial charge in [0.1, 0.15) is 0 Å². The molecule has 0 aliphatic carbocycles. The molecule has 0 saturated carbocycles. The normalized spacial score (nSPS) is 11.2. The molecule has 0 aliphatic rings. The van der Waals surface area contributed by atoms with Crippen LogP contribution in [0, 0.1) is 0 Å². The van der Waals surface area contributed by atoms with Crippen molar-refractivity contribution in [2.75, 3.05) is 7.11 Å². The van der Waals surface area contributed by atoms with Crippen LogP contribution in [-0.4, -0.2) is 23.3 Å². The zero-order valence-corrected chi connectivity index (χ0v) is 9.23. The second-order valence-corrected chi connectivity index (χ2v) is 3.26. The quantitative estimate of drug-likeness (QED) is 0.767. The second kappa shape index (κ2) is 5.21. The molecule has 0 aromatic heterocycles. The third-order valence-electron chi connectivity index (χ3n) is 2.20. The number of carbonyl (C=O) groups is 1. The van der Waals surface area contributed by atoms with Gasteiger partial charge in [-0.25, -0.2) is 4.79 Å². The Labute approximate surface area is 93.8 Å². The number of hydrogen-bond acceptors (Lipinski definition) is 3. The Morgan fingerprint density at radius 3 is 2.69 bits per heavy atom. The predicted octanol–water partition coefficient (Wildman–Crippen LogP) is 2.28. The largest absolute Gasteiger partial charge is 0.504 e. The lowest BCUT2D eigenvalue weighted by molar-refractivity contribution is -0.132. The summed E-state index contributed by atoms with van der Waals surface area (Å²) in [5.74, 6) is -0.572. The number of aliphatic carboxylic acids is 1. The van der Waals surface area contributed by atoms with Crippen molar-refractivity contribution in [2.24, 2.45) is 0 Å². The van der Waals surface area contributed by atoms with Crippen LogP contribution < -0.4 is 4.74 Å². The SMILES string of the molecule is CCC(=Cc1ccc(O)c(OC)c1)C(=O)O. The van der Waals surface area contributed by atoms with E-state index < -0.39 is 5.97 Å². The Hall–Kier alpha value is -1.97. The first-order chi connectivity index (χ1) is 7.58. The average molecular weight is 222 g/mol. The lowest BCUT2D eigenvalue weighted by Crippen LogP contribution is -1.98. The van der Waals surface area contributed by atoms with E-state index in [-0.39, 0.29) is 5.75 Å². The predicted molar refractivity (Wildman–Crippen MR) is 60.6 cm³/mol. The standard InChI is InChI=1S/C12H14O4/c1-3-9(12(14)15)6-8-4-5-10(13)11(7-8)16-2/h4-7,13H,3H2,1-2H3,(H,14,15). The second-order valence-electron chi connectivity index (χ2n) is 3.26. The van der Waals surface area contributed by atoms with Gasteiger partial charge in [-0.1, -0.05) is 13.0 Å². The van der Waals surface area contributed by atoms with E-state index in [1.807, 2.05) is 0 Å². The van der Waals surface area contributed by atoms with Crippen molar-refractivity contribution in [3.8, 4) is 11.5 Å². The van der Waals surface area contributed by atoms with Crippen LogP contribution in [0.5, 0.6) is 11.5 Å². The molecule has 1 aromatic carbocycles. The lowest BCUT2D eigenvalue weighted by Gasteiger charge is -2.04. The molecule has 0 fully saturated rings. The summed E-state index contributed by atoms with van der Waals surface area (Å²) in [6.45, 7) is 1.78. The van der Waals surface area contributed by atoms with Crippen molar-refractivity contribution in [3.63, 3.8) is 0 Å². The number of methoxy groups -OCH3 is 1. The molecule has 4 nitrogen and oxygen atoms in total. The van der Waals surface area contributed by atoms with E-state index in [1.165, 1.54) is 13.2 Å². The zero-order chi connectivity index (χ0) is 12.1. The minimum Gasteiger partial charge on any atom is -0.504 e. The van der Waals surface area contributed by atoms with Crippen LogP contribution in [0.15, 0.2) is 23.8 Å². The van der Waals surface area contributed by atoms with Crippen LogP contribution in [0.4, 0.5) is 0 Å². The summed E-state index contributed by atoms with van der Waals surface area (Å²) in [7, 11) is 1.44. The molecule has 0 aliphatic heterocycles. The number of phenolic OH excluding ortho intramolecular Hbond substituents is 1. The molecule has 4 heteroatoms. The molecular formula is C12H14O4. The fraction of sp³-hybridized carbons (Fsp3) is 0.250. The molecule has 0 saturated heterocycles. The van der Waals surface area contributed by atoms with Crippen molar-refractivity contribution in [2.45, 2.75) is 13.3 Å². The lowest BCUT2D eigenvalue weighted by atomic mass is 10.1. The molecule has 1 aromatic rings. The number of benzene rings is 1. The Kier molecular flexibility index (Phi) is 3.94. The van der Waals surface area contributed by atoms with Crippen LogP contribution in [0.2, 0.25) is 0 Å². The van der Waals surface area contributed by atoms with Crippen molar-refractivity contribution in [1.82, 2.24) is 0 Å². The van der Waals surface area contributed by atoms with Gasteiger partial charge < -0.3 is 14.9 Å². The zero-order valence-electron chi connectivity index (χ0n) is 9.23. The van der Waals surface area contributed by atoms with Gasteiger partial charge >= 0.3 is 5.97 Å². The first-order valence-corrected chi connectivity index (χ1v) is 4.89. The van der Waals surface area contributed by atoms with E-state index in [0.717, 1.165) is 0 Å². The summed E-state index contributed by atoms with van der Waals surface area (Å²) >= 11 is 0. The molecule has 0 spiro atoms. The Balaban J connectivity index is 3.10. The van der Waals surface area contributed by atoms with E-state index in [0.29, 0.717) is 23.3 Å². The molecule has 1 rings (SSSR count). The molecular weight excluding hydrogens is 208 g/mol. The van der Waals surface area contributed by atoms with E-state index in [2.05, 4.69) is 0 Å². The van der Waals surface area contributed by atoms with Gasteiger partial charge in [-0.3, -0.25) is 0 Å². The first kappa shape index (κ1) is 12.1. The van der Waals surface area contributed by atoms with Crippen LogP contribution in [0.25, 0.3) is 6.08 Å². The average Bonchev–Trinajstić information content (AvgIpc) is 2.27. The van der Waals surface area contributed by atoms with Crippen LogP contribution in [-0.2, 0) is 4.79 Å². The third-order valence-corrected chi connectivity index (χ3v) is 2.20. The van der Waals surface area contributed by atoms with E-state index in [9.17, 15) is 9.90 Å². The van der Waals surface area contributed by atoms with Gasteiger partial charge in [0.25, 0.3) is 0 Å². The van der Waals surface area contributed by atoms with Crippen molar-refractivity contribution in [3.05, 3.63) is 29.3 Å². The van der Waals surface area contributed by atoms with E-state index in [4.69, 9.17) is 9.84 Å². The number of ether oxygens (including phenoxy) is 1. The highest BCUT2D eigenvalue weighted by atomic mass is 16.5. The number of rotatable bonds is 4. The Bertz CT molecular complexity index is 421. The number of carboxylic acids is 1. The monoisotopic (exact) mass is 222 g/mol. The molecule has 0 unspecified atom stereocenters. The molecule has 86 valence electrons. The van der Waals surface area contributed by atoms with Crippen molar-refractivity contribution in [1.29, 1.82) is 0 Å². The molecule has 0 atom stereocenters. The number of aromatic hydroxyl groups is 1. The Morgan fingerprint density at radius 2 is 2.19 bits per heavy atom.